The molecule has 5 rings (SSSR count). The Balaban J connectivity index is 1.59. The number of carboxylic acid groups (broad SMARTS) is 1. The van der Waals surface area contributed by atoms with E-state index < -0.39 is 55.6 Å². The molecule has 0 fully saturated rings. The second kappa shape index (κ2) is 9.38. The molecule has 14 heteroatoms. The van der Waals surface area contributed by atoms with Crippen LogP contribution in [0, 0.1) is 0 Å². The summed E-state index contributed by atoms with van der Waals surface area (Å²) >= 11 is 0. The molecule has 0 aromatic heterocycles. The van der Waals surface area contributed by atoms with Crippen LogP contribution < -0.4 is 0 Å². The number of amides is 2. The summed E-state index contributed by atoms with van der Waals surface area (Å²) < 4.78 is 71.8. The van der Waals surface area contributed by atoms with Gasteiger partial charge in [0.1, 0.15) is 5.60 Å². The van der Waals surface area contributed by atoms with Crippen LogP contribution in [0.2, 0.25) is 0 Å². The molecule has 3 aromatic carbocycles. The summed E-state index contributed by atoms with van der Waals surface area (Å²) in [6.45, 7) is 1.29. The zero-order chi connectivity index (χ0) is 29.9. The summed E-state index contributed by atoms with van der Waals surface area (Å²) in [6.07, 6.45) is 3.70. The Morgan fingerprint density at radius 3 is 2.20 bits per heavy atom. The number of hydroxylamine groups is 2. The Hall–Kier alpha value is -4.82. The molecule has 210 valence electrons. The number of hydrogen-bond donors (Lipinski definition) is 1. The van der Waals surface area contributed by atoms with E-state index in [2.05, 4.69) is 4.28 Å². The van der Waals surface area contributed by atoms with Crippen LogP contribution in [-0.4, -0.2) is 53.4 Å². The Morgan fingerprint density at radius 1 is 0.951 bits per heavy atom. The Kier molecular flexibility index (Phi) is 6.35. The number of alkyl halides is 3. The predicted molar refractivity (Wildman–Crippen MR) is 135 cm³/mol. The van der Waals surface area contributed by atoms with Gasteiger partial charge in [0.05, 0.1) is 22.3 Å². The molecule has 1 aliphatic carbocycles. The maximum absolute atomic E-state index is 13.3. The fraction of sp³-hybridized carbons (Fsp3) is 0.111. The van der Waals surface area contributed by atoms with Crippen LogP contribution in [0.25, 0.3) is 22.4 Å². The minimum Gasteiger partial charge on any atom is -0.478 e. The fourth-order valence-corrected chi connectivity index (χ4v) is 4.86. The number of hydrogen-bond acceptors (Lipinski definition) is 8. The number of ether oxygens (including phenoxy) is 1. The highest BCUT2D eigenvalue weighted by molar-refractivity contribution is 7.87. The number of nitrogens with zero attached hydrogens (tertiary/aromatic N) is 1. The smallest absolute Gasteiger partial charge is 0.478 e. The highest BCUT2D eigenvalue weighted by Gasteiger charge is 2.52. The number of rotatable bonds is 5. The summed E-state index contributed by atoms with van der Waals surface area (Å²) in [5.74, 6) is -5.56. The van der Waals surface area contributed by atoms with Gasteiger partial charge in [-0.3, -0.25) is 9.59 Å². The highest BCUT2D eigenvalue weighted by atomic mass is 32.2. The first-order valence-corrected chi connectivity index (χ1v) is 13.0. The Bertz CT molecular complexity index is 1860. The van der Waals surface area contributed by atoms with Crippen molar-refractivity contribution >= 4 is 56.3 Å². The zero-order valence-electron chi connectivity index (χ0n) is 20.6. The Morgan fingerprint density at radius 2 is 1.59 bits per heavy atom. The summed E-state index contributed by atoms with van der Waals surface area (Å²) in [5, 5.41) is 10.2. The standard InChI is InChI=1S/C27H16F3NO9S/c1-26(39-25(36)19-12-16-6-3-2-5-15(16)11-18(19)24(34)35)10-9-14-7-4-8-17-21(14)20(13-26)23(33)31(22(17)32)40-41(37,38)27(28,29)30/h2-13H,1H3,(H,34,35). The number of carbonyl (C=O) groups is 4. The average molecular weight is 587 g/mol. The van der Waals surface area contributed by atoms with Gasteiger partial charge in [0.15, 0.2) is 0 Å². The number of carboxylic acids is 1. The highest BCUT2D eigenvalue weighted by Crippen LogP contribution is 2.39. The number of imide groups is 1. The number of aromatic carboxylic acids is 1. The molecule has 0 radical (unpaired) electrons. The number of carbonyl (C=O) groups excluding carboxylic acids is 3. The molecule has 10 nitrogen and oxygen atoms in total. The van der Waals surface area contributed by atoms with Crippen molar-refractivity contribution in [2.75, 3.05) is 0 Å². The van der Waals surface area contributed by atoms with Crippen molar-refractivity contribution in [1.29, 1.82) is 0 Å². The summed E-state index contributed by atoms with van der Waals surface area (Å²) in [5.41, 5.74) is -9.15. The van der Waals surface area contributed by atoms with Crippen molar-refractivity contribution in [1.82, 2.24) is 5.06 Å². The molecule has 41 heavy (non-hydrogen) atoms. The van der Waals surface area contributed by atoms with Gasteiger partial charge < -0.3 is 9.84 Å². The topological polar surface area (TPSA) is 144 Å². The van der Waals surface area contributed by atoms with Crippen molar-refractivity contribution in [3.63, 3.8) is 0 Å². The lowest BCUT2D eigenvalue weighted by Gasteiger charge is -2.29. The van der Waals surface area contributed by atoms with Gasteiger partial charge in [0, 0.05) is 5.56 Å². The normalized spacial score (nSPS) is 18.5. The summed E-state index contributed by atoms with van der Waals surface area (Å²) in [7, 11) is -6.41. The van der Waals surface area contributed by atoms with E-state index >= 15 is 0 Å². The van der Waals surface area contributed by atoms with Crippen LogP contribution >= 0.6 is 0 Å². The van der Waals surface area contributed by atoms with E-state index in [0.717, 1.165) is 12.1 Å². The first kappa shape index (κ1) is 27.7. The fourth-order valence-electron chi connectivity index (χ4n) is 4.44. The van der Waals surface area contributed by atoms with Crippen LogP contribution in [0.1, 0.15) is 49.1 Å². The summed E-state index contributed by atoms with van der Waals surface area (Å²) in [4.78, 5) is 51.4. The Labute approximate surface area is 229 Å². The number of esters is 1. The third kappa shape index (κ3) is 4.76. The van der Waals surface area contributed by atoms with Gasteiger partial charge in [-0.05, 0) is 53.6 Å². The third-order valence-corrected chi connectivity index (χ3v) is 7.24. The summed E-state index contributed by atoms with van der Waals surface area (Å²) in [6, 6.07) is 13.2. The zero-order valence-corrected chi connectivity index (χ0v) is 21.4. The molecule has 0 bridgehead atoms. The lowest BCUT2D eigenvalue weighted by atomic mass is 9.89. The van der Waals surface area contributed by atoms with Crippen LogP contribution in [0.4, 0.5) is 13.2 Å². The third-order valence-electron chi connectivity index (χ3n) is 6.33. The van der Waals surface area contributed by atoms with E-state index in [1.165, 1.54) is 43.3 Å². The molecule has 1 N–H and O–H groups in total. The molecular weight excluding hydrogens is 571 g/mol. The van der Waals surface area contributed by atoms with E-state index in [9.17, 15) is 45.9 Å². The van der Waals surface area contributed by atoms with Crippen molar-refractivity contribution in [3.05, 3.63) is 94.6 Å². The molecular formula is C27H16F3NO9S. The maximum atomic E-state index is 13.3. The van der Waals surface area contributed by atoms with Crippen LogP contribution in [0.3, 0.4) is 0 Å². The van der Waals surface area contributed by atoms with Gasteiger partial charge in [0.25, 0.3) is 11.8 Å². The minimum absolute atomic E-state index is 0.0558. The minimum atomic E-state index is -6.41. The number of benzene rings is 3. The van der Waals surface area contributed by atoms with Gasteiger partial charge in [-0.1, -0.05) is 42.5 Å². The lowest BCUT2D eigenvalue weighted by Crippen LogP contribution is -2.45. The largest absolute Gasteiger partial charge is 0.525 e. The lowest BCUT2D eigenvalue weighted by molar-refractivity contribution is -0.144. The molecule has 1 unspecified atom stereocenters. The van der Waals surface area contributed by atoms with Gasteiger partial charge in [-0.15, -0.1) is 9.35 Å². The monoisotopic (exact) mass is 587 g/mol. The van der Waals surface area contributed by atoms with Gasteiger partial charge in [0.2, 0.25) is 0 Å². The predicted octanol–water partition coefficient (Wildman–Crippen LogP) is 4.33. The van der Waals surface area contributed by atoms with Crippen molar-refractivity contribution < 1.29 is 54.9 Å². The van der Waals surface area contributed by atoms with Crippen LogP contribution in [0.5, 0.6) is 0 Å². The second-order valence-corrected chi connectivity index (χ2v) is 10.7. The first-order chi connectivity index (χ1) is 19.1. The molecule has 1 heterocycles. The average Bonchev–Trinajstić information content (AvgIpc) is 3.05. The quantitative estimate of drug-likeness (QED) is 0.262. The van der Waals surface area contributed by atoms with E-state index in [-0.39, 0.29) is 27.8 Å². The van der Waals surface area contributed by atoms with Crippen LogP contribution in [0.15, 0.2) is 66.7 Å². The number of halogens is 3. The second-order valence-electron chi connectivity index (χ2n) is 9.16. The van der Waals surface area contributed by atoms with Crippen molar-refractivity contribution in [2.45, 2.75) is 18.0 Å². The number of fused-ring (bicyclic) bond motifs is 1. The molecule has 1 aliphatic heterocycles. The van der Waals surface area contributed by atoms with Gasteiger partial charge in [-0.25, -0.2) is 9.59 Å². The first-order valence-electron chi connectivity index (χ1n) is 11.6. The van der Waals surface area contributed by atoms with E-state index in [4.69, 9.17) is 4.74 Å². The van der Waals surface area contributed by atoms with E-state index in [1.807, 2.05) is 0 Å². The van der Waals surface area contributed by atoms with Crippen LogP contribution in [-0.2, 0) is 23.9 Å². The molecule has 2 amide bonds. The molecule has 2 aliphatic rings. The van der Waals surface area contributed by atoms with Gasteiger partial charge >= 0.3 is 27.6 Å². The molecule has 0 saturated carbocycles. The molecule has 3 aromatic rings. The van der Waals surface area contributed by atoms with Crippen molar-refractivity contribution in [2.24, 2.45) is 0 Å². The maximum Gasteiger partial charge on any atom is 0.525 e. The SMILES string of the molecule is CC1(OC(=O)c2cc3ccccc3cc2C(=O)O)C=Cc2cccc3c2C(=C1)C(=O)N(OS(=O)(=O)C(F)(F)F)C3=O. The van der Waals surface area contributed by atoms with Crippen molar-refractivity contribution in [3.8, 4) is 0 Å². The molecule has 1 atom stereocenters. The molecule has 0 saturated heterocycles. The van der Waals surface area contributed by atoms with E-state index in [0.29, 0.717) is 10.8 Å². The van der Waals surface area contributed by atoms with Gasteiger partial charge in [-0.2, -0.15) is 21.6 Å². The molecule has 0 spiro atoms. The van der Waals surface area contributed by atoms with E-state index in [1.54, 1.807) is 24.3 Å².